The molecule has 3 aromatic rings. The van der Waals surface area contributed by atoms with E-state index in [9.17, 15) is 14.0 Å². The number of rotatable bonds is 5. The molecule has 0 aliphatic rings. The zero-order valence-corrected chi connectivity index (χ0v) is 15.9. The Balaban J connectivity index is 1.78. The van der Waals surface area contributed by atoms with Crippen molar-refractivity contribution in [1.29, 1.82) is 0 Å². The molecule has 0 aliphatic carbocycles. The van der Waals surface area contributed by atoms with E-state index in [1.54, 1.807) is 21.0 Å². The molecule has 0 N–H and O–H groups in total. The van der Waals surface area contributed by atoms with Gasteiger partial charge in [0.15, 0.2) is 5.65 Å². The number of aromatic nitrogens is 4. The van der Waals surface area contributed by atoms with Crippen LogP contribution in [0.1, 0.15) is 6.92 Å². The second kappa shape index (κ2) is 7.67. The minimum Gasteiger partial charge on any atom is -0.487 e. The minimum atomic E-state index is -0.520. The summed E-state index contributed by atoms with van der Waals surface area (Å²) in [4.78, 5) is 34.3. The summed E-state index contributed by atoms with van der Waals surface area (Å²) in [5.74, 6) is 0.154. The lowest BCUT2D eigenvalue weighted by molar-refractivity contribution is 0.136. The molecule has 0 fully saturated rings. The van der Waals surface area contributed by atoms with Crippen LogP contribution in [0.25, 0.3) is 11.2 Å². The van der Waals surface area contributed by atoms with Crippen molar-refractivity contribution in [1.82, 2.24) is 24.0 Å². The molecule has 148 valence electrons. The van der Waals surface area contributed by atoms with E-state index in [4.69, 9.17) is 9.47 Å². The van der Waals surface area contributed by atoms with Crippen LogP contribution >= 0.6 is 0 Å². The number of nitrogens with zero attached hydrogens (tertiary/aromatic N) is 5. The third-order valence-electron chi connectivity index (χ3n) is 3.95. The Bertz CT molecular complexity index is 1060. The predicted molar refractivity (Wildman–Crippen MR) is 99.2 cm³/mol. The first-order valence-electron chi connectivity index (χ1n) is 8.49. The van der Waals surface area contributed by atoms with Crippen molar-refractivity contribution in [3.05, 3.63) is 46.8 Å². The average molecular weight is 389 g/mol. The number of ether oxygens (including phenoxy) is 2. The Morgan fingerprint density at radius 1 is 1.29 bits per heavy atom. The zero-order valence-electron chi connectivity index (χ0n) is 15.9. The summed E-state index contributed by atoms with van der Waals surface area (Å²) in [5.41, 5.74) is 0.0413. The highest BCUT2D eigenvalue weighted by Crippen LogP contribution is 2.15. The summed E-state index contributed by atoms with van der Waals surface area (Å²) in [7, 11) is 4.62. The third kappa shape index (κ3) is 3.80. The number of hydrogen-bond acceptors (Lipinski definition) is 6. The SMILES string of the molecule is CC(COc1ncc2c(n1)n(C(=O)N(C)C)c(=O)n2C)Oc1ccc(F)cc1. The predicted octanol–water partition coefficient (Wildman–Crippen LogP) is 1.65. The largest absolute Gasteiger partial charge is 0.487 e. The van der Waals surface area contributed by atoms with E-state index in [1.807, 2.05) is 0 Å². The lowest BCUT2D eigenvalue weighted by atomic mass is 10.3. The summed E-state index contributed by atoms with van der Waals surface area (Å²) < 4.78 is 26.4. The van der Waals surface area contributed by atoms with Crippen molar-refractivity contribution in [3.8, 4) is 11.8 Å². The van der Waals surface area contributed by atoms with E-state index in [0.29, 0.717) is 11.3 Å². The molecule has 0 saturated carbocycles. The second-order valence-corrected chi connectivity index (χ2v) is 6.41. The first-order valence-corrected chi connectivity index (χ1v) is 8.49. The number of fused-ring (bicyclic) bond motifs is 1. The van der Waals surface area contributed by atoms with Crippen molar-refractivity contribution < 1.29 is 18.7 Å². The van der Waals surface area contributed by atoms with Gasteiger partial charge in [-0.15, -0.1) is 0 Å². The molecule has 1 amide bonds. The van der Waals surface area contributed by atoms with Crippen LogP contribution in [-0.4, -0.2) is 56.8 Å². The molecular formula is C18H20FN5O4. The highest BCUT2D eigenvalue weighted by molar-refractivity contribution is 5.86. The van der Waals surface area contributed by atoms with Gasteiger partial charge in [0.25, 0.3) is 0 Å². The van der Waals surface area contributed by atoms with Gasteiger partial charge in [0, 0.05) is 21.1 Å². The lowest BCUT2D eigenvalue weighted by Gasteiger charge is -2.15. The number of carbonyl (C=O) groups excluding carboxylic acids is 1. The van der Waals surface area contributed by atoms with E-state index in [2.05, 4.69) is 9.97 Å². The minimum absolute atomic E-state index is 0.00737. The first kappa shape index (κ1) is 19.3. The maximum Gasteiger partial charge on any atom is 0.338 e. The molecule has 9 nitrogen and oxygen atoms in total. The number of carbonyl (C=O) groups is 1. The van der Waals surface area contributed by atoms with Crippen LogP contribution in [0.3, 0.4) is 0 Å². The highest BCUT2D eigenvalue weighted by Gasteiger charge is 2.20. The molecule has 1 aromatic carbocycles. The third-order valence-corrected chi connectivity index (χ3v) is 3.95. The fraction of sp³-hybridized carbons (Fsp3) is 0.333. The van der Waals surface area contributed by atoms with Gasteiger partial charge in [-0.05, 0) is 31.2 Å². The van der Waals surface area contributed by atoms with Crippen LogP contribution < -0.4 is 15.2 Å². The summed E-state index contributed by atoms with van der Waals surface area (Å²) >= 11 is 0. The lowest BCUT2D eigenvalue weighted by Crippen LogP contribution is -2.35. The molecule has 1 unspecified atom stereocenters. The van der Waals surface area contributed by atoms with Crippen molar-refractivity contribution in [3.63, 3.8) is 0 Å². The molecule has 1 atom stereocenters. The van der Waals surface area contributed by atoms with Crippen LogP contribution in [0, 0.1) is 5.82 Å². The van der Waals surface area contributed by atoms with E-state index in [-0.39, 0.29) is 30.2 Å². The van der Waals surface area contributed by atoms with Crippen LogP contribution in [-0.2, 0) is 7.05 Å². The van der Waals surface area contributed by atoms with Crippen LogP contribution in [0.5, 0.6) is 11.8 Å². The number of amides is 1. The number of hydrogen-bond donors (Lipinski definition) is 0. The molecule has 0 spiro atoms. The molecule has 10 heteroatoms. The monoisotopic (exact) mass is 389 g/mol. The zero-order chi connectivity index (χ0) is 20.4. The Kier molecular flexibility index (Phi) is 5.30. The number of aryl methyl sites for hydroxylation is 1. The van der Waals surface area contributed by atoms with Gasteiger partial charge in [0.2, 0.25) is 0 Å². The van der Waals surface area contributed by atoms with Gasteiger partial charge >= 0.3 is 17.7 Å². The Morgan fingerprint density at radius 2 is 1.96 bits per heavy atom. The quantitative estimate of drug-likeness (QED) is 0.659. The van der Waals surface area contributed by atoms with Crippen LogP contribution in [0.15, 0.2) is 35.3 Å². The normalized spacial score (nSPS) is 12.0. The van der Waals surface area contributed by atoms with E-state index in [0.717, 1.165) is 4.57 Å². The van der Waals surface area contributed by atoms with Gasteiger partial charge in [-0.25, -0.2) is 19.0 Å². The van der Waals surface area contributed by atoms with Gasteiger partial charge in [0.1, 0.15) is 29.8 Å². The molecule has 2 aromatic heterocycles. The average Bonchev–Trinajstić information content (AvgIpc) is 2.91. The second-order valence-electron chi connectivity index (χ2n) is 6.41. The van der Waals surface area contributed by atoms with Crippen molar-refractivity contribution in [2.75, 3.05) is 20.7 Å². The molecule has 28 heavy (non-hydrogen) atoms. The number of imidazole rings is 1. The molecule has 2 heterocycles. The van der Waals surface area contributed by atoms with Crippen LogP contribution in [0.4, 0.5) is 9.18 Å². The molecule has 3 rings (SSSR count). The van der Waals surface area contributed by atoms with Gasteiger partial charge in [-0.2, -0.15) is 9.55 Å². The van der Waals surface area contributed by atoms with E-state index >= 15 is 0 Å². The van der Waals surface area contributed by atoms with E-state index in [1.165, 1.54) is 47.0 Å². The van der Waals surface area contributed by atoms with E-state index < -0.39 is 11.7 Å². The summed E-state index contributed by atoms with van der Waals surface area (Å²) in [6.45, 7) is 1.89. The molecular weight excluding hydrogens is 369 g/mol. The fourth-order valence-corrected chi connectivity index (χ4v) is 2.51. The van der Waals surface area contributed by atoms with Gasteiger partial charge < -0.3 is 14.4 Å². The van der Waals surface area contributed by atoms with Gasteiger partial charge in [-0.3, -0.25) is 4.57 Å². The Hall–Kier alpha value is -3.43. The van der Waals surface area contributed by atoms with Crippen molar-refractivity contribution >= 4 is 17.2 Å². The smallest absolute Gasteiger partial charge is 0.338 e. The highest BCUT2D eigenvalue weighted by atomic mass is 19.1. The Morgan fingerprint density at radius 3 is 2.61 bits per heavy atom. The topological polar surface area (TPSA) is 91.5 Å². The van der Waals surface area contributed by atoms with Crippen molar-refractivity contribution in [2.24, 2.45) is 7.05 Å². The Labute approximate surface area is 159 Å². The fourth-order valence-electron chi connectivity index (χ4n) is 2.51. The number of halogens is 1. The van der Waals surface area contributed by atoms with Gasteiger partial charge in [0.05, 0.1) is 6.20 Å². The standard InChI is InChI=1S/C18H20FN5O4/c1-11(28-13-7-5-12(19)6-8-13)10-27-16-20-9-14-15(21-16)24(17(25)22(2)3)18(26)23(14)4/h5-9,11H,10H2,1-4H3. The summed E-state index contributed by atoms with van der Waals surface area (Å²) in [6, 6.07) is 5.13. The van der Waals surface area contributed by atoms with Crippen molar-refractivity contribution in [2.45, 2.75) is 13.0 Å². The summed E-state index contributed by atoms with van der Waals surface area (Å²) in [5, 5.41) is 0. The first-order chi connectivity index (χ1) is 13.3. The van der Waals surface area contributed by atoms with Gasteiger partial charge in [-0.1, -0.05) is 0 Å². The maximum atomic E-state index is 12.9. The molecule has 0 bridgehead atoms. The van der Waals surface area contributed by atoms with Crippen LogP contribution in [0.2, 0.25) is 0 Å². The molecule has 0 aliphatic heterocycles. The molecule has 0 saturated heterocycles. The maximum absolute atomic E-state index is 12.9. The number of benzene rings is 1. The molecule has 0 radical (unpaired) electrons. The summed E-state index contributed by atoms with van der Waals surface area (Å²) in [6.07, 6.45) is 1.05.